The SMILES string of the molecule is Cc1ccc(C(C)N2CCC3(CCC(O)CC3)OC2=O)cc1. The molecular formula is C18H25NO3. The normalized spacial score (nSPS) is 30.2. The molecule has 1 saturated carbocycles. The molecule has 1 atom stereocenters. The van der Waals surface area contributed by atoms with E-state index in [0.29, 0.717) is 0 Å². The van der Waals surface area contributed by atoms with Crippen LogP contribution in [0.4, 0.5) is 4.79 Å². The predicted molar refractivity (Wildman–Crippen MR) is 84.6 cm³/mol. The largest absolute Gasteiger partial charge is 0.443 e. The fourth-order valence-electron chi connectivity index (χ4n) is 3.57. The number of hydrogen-bond acceptors (Lipinski definition) is 3. The lowest BCUT2D eigenvalue weighted by atomic mass is 9.80. The Morgan fingerprint density at radius 1 is 1.23 bits per heavy atom. The van der Waals surface area contributed by atoms with Crippen LogP contribution in [0.5, 0.6) is 0 Å². The highest BCUT2D eigenvalue weighted by atomic mass is 16.6. The Morgan fingerprint density at radius 3 is 2.45 bits per heavy atom. The van der Waals surface area contributed by atoms with Crippen molar-refractivity contribution in [1.82, 2.24) is 4.90 Å². The molecule has 22 heavy (non-hydrogen) atoms. The van der Waals surface area contributed by atoms with Crippen molar-refractivity contribution in [3.63, 3.8) is 0 Å². The molecule has 4 heteroatoms. The van der Waals surface area contributed by atoms with Crippen molar-refractivity contribution in [2.75, 3.05) is 6.54 Å². The van der Waals surface area contributed by atoms with E-state index in [-0.39, 0.29) is 23.8 Å². The molecule has 2 aliphatic rings. The van der Waals surface area contributed by atoms with Crippen LogP contribution in [0, 0.1) is 6.92 Å². The highest BCUT2D eigenvalue weighted by Crippen LogP contribution is 2.39. The molecule has 2 fully saturated rings. The van der Waals surface area contributed by atoms with E-state index in [9.17, 15) is 9.90 Å². The number of nitrogens with zero attached hydrogens (tertiary/aromatic N) is 1. The topological polar surface area (TPSA) is 49.8 Å². The molecule has 1 aromatic carbocycles. The summed E-state index contributed by atoms with van der Waals surface area (Å²) in [5.74, 6) is 0. The molecule has 1 saturated heterocycles. The molecule has 0 radical (unpaired) electrons. The first kappa shape index (κ1) is 15.3. The summed E-state index contributed by atoms with van der Waals surface area (Å²) >= 11 is 0. The Hall–Kier alpha value is -1.55. The Kier molecular flexibility index (Phi) is 4.13. The quantitative estimate of drug-likeness (QED) is 0.908. The van der Waals surface area contributed by atoms with Gasteiger partial charge in [-0.1, -0.05) is 29.8 Å². The number of rotatable bonds is 2. The molecule has 1 heterocycles. The van der Waals surface area contributed by atoms with Gasteiger partial charge in [0, 0.05) is 13.0 Å². The first-order valence-electron chi connectivity index (χ1n) is 8.23. The van der Waals surface area contributed by atoms with Gasteiger partial charge in [-0.2, -0.15) is 0 Å². The van der Waals surface area contributed by atoms with E-state index in [1.165, 1.54) is 5.56 Å². The van der Waals surface area contributed by atoms with Crippen LogP contribution in [0.1, 0.15) is 56.2 Å². The van der Waals surface area contributed by atoms with E-state index in [0.717, 1.165) is 44.2 Å². The molecule has 1 spiro atoms. The van der Waals surface area contributed by atoms with Crippen LogP contribution in [0.15, 0.2) is 24.3 Å². The highest BCUT2D eigenvalue weighted by Gasteiger charge is 2.44. The fraction of sp³-hybridized carbons (Fsp3) is 0.611. The van der Waals surface area contributed by atoms with Gasteiger partial charge in [0.15, 0.2) is 0 Å². The molecule has 1 N–H and O–H groups in total. The van der Waals surface area contributed by atoms with Crippen LogP contribution in [0.25, 0.3) is 0 Å². The van der Waals surface area contributed by atoms with Gasteiger partial charge in [-0.15, -0.1) is 0 Å². The molecule has 0 aromatic heterocycles. The zero-order valence-corrected chi connectivity index (χ0v) is 13.4. The number of hydrogen-bond donors (Lipinski definition) is 1. The smallest absolute Gasteiger partial charge is 0.410 e. The van der Waals surface area contributed by atoms with Crippen molar-refractivity contribution in [2.24, 2.45) is 0 Å². The minimum Gasteiger partial charge on any atom is -0.443 e. The van der Waals surface area contributed by atoms with Crippen molar-refractivity contribution in [2.45, 2.75) is 63.7 Å². The molecule has 1 aliphatic carbocycles. The van der Waals surface area contributed by atoms with Gasteiger partial charge < -0.3 is 14.7 Å². The van der Waals surface area contributed by atoms with Gasteiger partial charge in [0.05, 0.1) is 12.1 Å². The first-order valence-corrected chi connectivity index (χ1v) is 8.23. The fourth-order valence-corrected chi connectivity index (χ4v) is 3.57. The molecule has 1 aromatic rings. The van der Waals surface area contributed by atoms with E-state index in [2.05, 4.69) is 38.1 Å². The second-order valence-electron chi connectivity index (χ2n) is 6.81. The molecule has 0 bridgehead atoms. The van der Waals surface area contributed by atoms with E-state index in [1.807, 2.05) is 4.90 Å². The molecule has 120 valence electrons. The Balaban J connectivity index is 1.68. The average Bonchev–Trinajstić information content (AvgIpc) is 2.51. The molecule has 4 nitrogen and oxygen atoms in total. The average molecular weight is 303 g/mol. The monoisotopic (exact) mass is 303 g/mol. The van der Waals surface area contributed by atoms with Crippen LogP contribution in [-0.2, 0) is 4.74 Å². The number of aryl methyl sites for hydroxylation is 1. The van der Waals surface area contributed by atoms with Crippen LogP contribution < -0.4 is 0 Å². The third-order valence-electron chi connectivity index (χ3n) is 5.24. The van der Waals surface area contributed by atoms with Crippen molar-refractivity contribution in [3.8, 4) is 0 Å². The Bertz CT molecular complexity index is 532. The minimum atomic E-state index is -0.334. The van der Waals surface area contributed by atoms with E-state index in [4.69, 9.17) is 4.74 Å². The maximum Gasteiger partial charge on any atom is 0.410 e. The Morgan fingerprint density at radius 2 is 1.86 bits per heavy atom. The van der Waals surface area contributed by atoms with Gasteiger partial charge in [-0.3, -0.25) is 0 Å². The standard InChI is InChI=1S/C18H25NO3/c1-13-3-5-15(6-4-13)14(2)19-12-11-18(22-17(19)21)9-7-16(20)8-10-18/h3-6,14,16,20H,7-12H2,1-2H3. The molecular weight excluding hydrogens is 278 g/mol. The summed E-state index contributed by atoms with van der Waals surface area (Å²) in [4.78, 5) is 14.3. The summed E-state index contributed by atoms with van der Waals surface area (Å²) in [6.07, 6.45) is 3.47. The van der Waals surface area contributed by atoms with E-state index >= 15 is 0 Å². The van der Waals surface area contributed by atoms with Crippen molar-refractivity contribution in [3.05, 3.63) is 35.4 Å². The summed E-state index contributed by atoms with van der Waals surface area (Å²) < 4.78 is 5.82. The summed E-state index contributed by atoms with van der Waals surface area (Å²) in [6.45, 7) is 4.84. The van der Waals surface area contributed by atoms with Crippen LogP contribution in [0.2, 0.25) is 0 Å². The second kappa shape index (κ2) is 5.92. The minimum absolute atomic E-state index is 0.0274. The van der Waals surface area contributed by atoms with Crippen LogP contribution in [0.3, 0.4) is 0 Å². The van der Waals surface area contributed by atoms with Gasteiger partial charge in [0.2, 0.25) is 0 Å². The molecule has 3 rings (SSSR count). The second-order valence-corrected chi connectivity index (χ2v) is 6.81. The van der Waals surface area contributed by atoms with Crippen molar-refractivity contribution >= 4 is 6.09 Å². The third kappa shape index (κ3) is 2.98. The number of carbonyl (C=O) groups is 1. The third-order valence-corrected chi connectivity index (χ3v) is 5.24. The highest BCUT2D eigenvalue weighted by molar-refractivity contribution is 5.69. The Labute approximate surface area is 132 Å². The summed E-state index contributed by atoms with van der Waals surface area (Å²) in [5, 5.41) is 9.65. The van der Waals surface area contributed by atoms with Crippen LogP contribution in [-0.4, -0.2) is 34.3 Å². The lowest BCUT2D eigenvalue weighted by Gasteiger charge is -2.45. The molecule has 1 aliphatic heterocycles. The van der Waals surface area contributed by atoms with Crippen LogP contribution >= 0.6 is 0 Å². The van der Waals surface area contributed by atoms with Gasteiger partial charge >= 0.3 is 6.09 Å². The molecule has 1 unspecified atom stereocenters. The van der Waals surface area contributed by atoms with E-state index in [1.54, 1.807) is 0 Å². The summed E-state index contributed by atoms with van der Waals surface area (Å²) in [5.41, 5.74) is 2.02. The van der Waals surface area contributed by atoms with E-state index < -0.39 is 0 Å². The number of amides is 1. The zero-order chi connectivity index (χ0) is 15.7. The first-order chi connectivity index (χ1) is 10.5. The van der Waals surface area contributed by atoms with Gasteiger partial charge in [-0.25, -0.2) is 4.79 Å². The lowest BCUT2D eigenvalue weighted by Crippen LogP contribution is -2.52. The van der Waals surface area contributed by atoms with Gasteiger partial charge in [0.25, 0.3) is 0 Å². The number of aliphatic hydroxyl groups is 1. The summed E-state index contributed by atoms with van der Waals surface area (Å²) in [6, 6.07) is 8.33. The number of ether oxygens (including phenoxy) is 1. The summed E-state index contributed by atoms with van der Waals surface area (Å²) in [7, 11) is 0. The number of benzene rings is 1. The number of carbonyl (C=O) groups excluding carboxylic acids is 1. The van der Waals surface area contributed by atoms with Crippen molar-refractivity contribution in [1.29, 1.82) is 0 Å². The zero-order valence-electron chi connectivity index (χ0n) is 13.4. The number of aliphatic hydroxyl groups excluding tert-OH is 1. The predicted octanol–water partition coefficient (Wildman–Crippen LogP) is 3.57. The maximum atomic E-state index is 12.5. The van der Waals surface area contributed by atoms with Gasteiger partial charge in [0.1, 0.15) is 5.60 Å². The van der Waals surface area contributed by atoms with Gasteiger partial charge in [-0.05, 0) is 45.1 Å². The molecule has 1 amide bonds. The lowest BCUT2D eigenvalue weighted by molar-refractivity contribution is -0.0908. The maximum absolute atomic E-state index is 12.5. The van der Waals surface area contributed by atoms with Crippen molar-refractivity contribution < 1.29 is 14.6 Å².